The quantitative estimate of drug-likeness (QED) is 0.175. The van der Waals surface area contributed by atoms with E-state index in [1.54, 1.807) is 0 Å². The molecular weight excluding hydrogens is 715 g/mol. The van der Waals surface area contributed by atoms with Crippen LogP contribution >= 0.6 is 0 Å². The van der Waals surface area contributed by atoms with Crippen molar-refractivity contribution in [1.29, 1.82) is 0 Å². The number of allylic oxidation sites excluding steroid dienone is 5. The molecule has 3 heterocycles. The van der Waals surface area contributed by atoms with E-state index in [0.717, 1.165) is 36.0 Å². The van der Waals surface area contributed by atoms with E-state index in [9.17, 15) is 0 Å². The Bertz CT molecular complexity index is 3420. The Labute approximate surface area is 342 Å². The first-order valence-corrected chi connectivity index (χ1v) is 20.7. The summed E-state index contributed by atoms with van der Waals surface area (Å²) in [6.07, 6.45) is 20.4. The molecule has 1 unspecified atom stereocenters. The van der Waals surface area contributed by atoms with Crippen molar-refractivity contribution in [1.82, 2.24) is 14.5 Å². The lowest BCUT2D eigenvalue weighted by atomic mass is 9.79. The third-order valence-corrected chi connectivity index (χ3v) is 12.6. The summed E-state index contributed by atoms with van der Waals surface area (Å²) in [5.74, 6) is 0. The summed E-state index contributed by atoms with van der Waals surface area (Å²) >= 11 is 0. The van der Waals surface area contributed by atoms with Crippen molar-refractivity contribution in [2.45, 2.75) is 25.3 Å². The molecule has 0 fully saturated rings. The molecule has 1 atom stereocenters. The van der Waals surface area contributed by atoms with Gasteiger partial charge in [0.25, 0.3) is 0 Å². The fraction of sp³-hybridized carbons (Fsp3) is 0.0714. The molecular formula is C56H39N3. The van der Waals surface area contributed by atoms with Gasteiger partial charge in [0, 0.05) is 28.7 Å². The first-order valence-electron chi connectivity index (χ1n) is 20.7. The molecule has 0 spiro atoms. The molecule has 0 saturated heterocycles. The van der Waals surface area contributed by atoms with Gasteiger partial charge in [-0.15, -0.1) is 0 Å². The molecule has 7 aromatic carbocycles. The van der Waals surface area contributed by atoms with E-state index < -0.39 is 0 Å². The van der Waals surface area contributed by atoms with E-state index in [1.165, 1.54) is 93.2 Å². The van der Waals surface area contributed by atoms with Crippen molar-refractivity contribution in [3.63, 3.8) is 0 Å². The maximum Gasteiger partial charge on any atom is 0.0986 e. The molecule has 2 aliphatic rings. The van der Waals surface area contributed by atoms with Crippen LogP contribution in [0.5, 0.6) is 0 Å². The first-order chi connectivity index (χ1) is 29.3. The minimum absolute atomic E-state index is 0.212. The van der Waals surface area contributed by atoms with Crippen molar-refractivity contribution in [3.8, 4) is 44.8 Å². The van der Waals surface area contributed by atoms with Crippen molar-refractivity contribution in [3.05, 3.63) is 199 Å². The predicted molar refractivity (Wildman–Crippen MR) is 249 cm³/mol. The highest BCUT2D eigenvalue weighted by Crippen LogP contribution is 2.47. The van der Waals surface area contributed by atoms with Gasteiger partial charge in [-0.05, 0) is 145 Å². The lowest BCUT2D eigenvalue weighted by Gasteiger charge is -2.24. The molecule has 2 aliphatic carbocycles. The highest BCUT2D eigenvalue weighted by molar-refractivity contribution is 6.16. The van der Waals surface area contributed by atoms with Crippen LogP contribution in [0, 0.1) is 0 Å². The van der Waals surface area contributed by atoms with E-state index in [4.69, 9.17) is 9.97 Å². The van der Waals surface area contributed by atoms with E-state index >= 15 is 0 Å². The average molecular weight is 754 g/mol. The van der Waals surface area contributed by atoms with Gasteiger partial charge in [0.15, 0.2) is 0 Å². The van der Waals surface area contributed by atoms with Gasteiger partial charge in [0.05, 0.1) is 22.9 Å². The molecule has 59 heavy (non-hydrogen) atoms. The summed E-state index contributed by atoms with van der Waals surface area (Å²) in [7, 11) is 0. The highest BCUT2D eigenvalue weighted by Gasteiger charge is 2.24. The Morgan fingerprint density at radius 2 is 1.22 bits per heavy atom. The number of rotatable bonds is 5. The van der Waals surface area contributed by atoms with Crippen LogP contribution in [0.15, 0.2) is 188 Å². The molecule has 3 heteroatoms. The normalized spacial score (nSPS) is 14.9. The van der Waals surface area contributed by atoms with Gasteiger partial charge < -0.3 is 4.57 Å². The van der Waals surface area contributed by atoms with Crippen LogP contribution in [0.4, 0.5) is 0 Å². The SMILES string of the molecule is C1=CCC(n2c3ccc(-c4ccc5c(-c6ccc7ccccc7c6)c6c(c(-c7ccc8ccccc8c7)c5c4)CCC=C6)cc3c3c(-c4ccccn4)nccc32)C=C1. The topological polar surface area (TPSA) is 30.7 Å². The smallest absolute Gasteiger partial charge is 0.0986 e. The standard InChI is InChI=1S/C56H39N3/c1-2-16-44(17-3-1)59-51-28-26-41(35-49(51)55-52(59)29-31-58-56(55)50-20-10-11-30-57-50)40-25-27-47-48(34-40)54(43-24-22-37-13-5-7-15-39(37)33-43)46-19-9-8-18-45(46)53(47)42-23-21-36-12-4-6-14-38(36)32-42/h1-8,10-16,18,20-35,44H,9,17,19H2. The van der Waals surface area contributed by atoms with Crippen LogP contribution in [0.1, 0.15) is 30.0 Å². The van der Waals surface area contributed by atoms with Crippen LogP contribution in [0.2, 0.25) is 0 Å². The predicted octanol–water partition coefficient (Wildman–Crippen LogP) is 14.7. The molecule has 0 amide bonds. The highest BCUT2D eigenvalue weighted by atomic mass is 15.0. The summed E-state index contributed by atoms with van der Waals surface area (Å²) in [6, 6.07) is 54.1. The van der Waals surface area contributed by atoms with Gasteiger partial charge in [0.1, 0.15) is 0 Å². The molecule has 0 saturated carbocycles. The van der Waals surface area contributed by atoms with Crippen LogP contribution in [0.25, 0.3) is 105 Å². The Morgan fingerprint density at radius 1 is 0.508 bits per heavy atom. The average Bonchev–Trinajstić information content (AvgIpc) is 3.65. The van der Waals surface area contributed by atoms with Gasteiger partial charge in [-0.1, -0.05) is 134 Å². The van der Waals surface area contributed by atoms with Gasteiger partial charge in [0.2, 0.25) is 0 Å². The monoisotopic (exact) mass is 753 g/mol. The van der Waals surface area contributed by atoms with Crippen LogP contribution in [-0.4, -0.2) is 14.5 Å². The Hall–Kier alpha value is -7.36. The molecule has 10 aromatic rings. The lowest BCUT2D eigenvalue weighted by molar-refractivity contribution is 0.648. The van der Waals surface area contributed by atoms with Gasteiger partial charge in [-0.2, -0.15) is 0 Å². The van der Waals surface area contributed by atoms with Crippen LogP contribution in [-0.2, 0) is 6.42 Å². The molecule has 0 aliphatic heterocycles. The summed E-state index contributed by atoms with van der Waals surface area (Å²) in [6.45, 7) is 0. The Kier molecular flexibility index (Phi) is 7.80. The van der Waals surface area contributed by atoms with E-state index in [-0.39, 0.29) is 6.04 Å². The van der Waals surface area contributed by atoms with Crippen molar-refractivity contribution in [2.75, 3.05) is 0 Å². The molecule has 12 rings (SSSR count). The van der Waals surface area contributed by atoms with Crippen LogP contribution < -0.4 is 0 Å². The summed E-state index contributed by atoms with van der Waals surface area (Å²) in [5, 5.41) is 9.92. The zero-order valence-electron chi connectivity index (χ0n) is 32.5. The zero-order valence-corrected chi connectivity index (χ0v) is 32.5. The number of hydrogen-bond donors (Lipinski definition) is 0. The largest absolute Gasteiger partial charge is 0.333 e. The molecule has 278 valence electrons. The molecule has 3 nitrogen and oxygen atoms in total. The second-order valence-electron chi connectivity index (χ2n) is 16.0. The first kappa shape index (κ1) is 33.7. The Morgan fingerprint density at radius 3 is 1.97 bits per heavy atom. The number of benzene rings is 7. The van der Waals surface area contributed by atoms with Gasteiger partial charge >= 0.3 is 0 Å². The minimum Gasteiger partial charge on any atom is -0.333 e. The fourth-order valence-electron chi connectivity index (χ4n) is 9.93. The molecule has 0 N–H and O–H groups in total. The summed E-state index contributed by atoms with van der Waals surface area (Å²) < 4.78 is 2.50. The third kappa shape index (κ3) is 5.50. The second kappa shape index (κ2) is 13.6. The van der Waals surface area contributed by atoms with Gasteiger partial charge in [-0.25, -0.2) is 0 Å². The summed E-state index contributed by atoms with van der Waals surface area (Å²) in [4.78, 5) is 9.76. The summed E-state index contributed by atoms with van der Waals surface area (Å²) in [5.41, 5.74) is 14.5. The van der Waals surface area contributed by atoms with E-state index in [2.05, 4.69) is 174 Å². The van der Waals surface area contributed by atoms with Crippen molar-refractivity contribution >= 4 is 60.2 Å². The third-order valence-electron chi connectivity index (χ3n) is 12.6. The number of nitrogens with zero attached hydrogens (tertiary/aromatic N) is 3. The maximum atomic E-state index is 4.98. The number of hydrogen-bond acceptors (Lipinski definition) is 2. The molecule has 3 aromatic heterocycles. The number of aromatic nitrogens is 3. The van der Waals surface area contributed by atoms with E-state index in [1.807, 2.05) is 24.5 Å². The van der Waals surface area contributed by atoms with Crippen molar-refractivity contribution in [2.24, 2.45) is 0 Å². The Balaban J connectivity index is 1.14. The molecule has 0 bridgehead atoms. The number of pyridine rings is 2. The molecule has 0 radical (unpaired) electrons. The lowest BCUT2D eigenvalue weighted by Crippen LogP contribution is -2.06. The maximum absolute atomic E-state index is 4.98. The fourth-order valence-corrected chi connectivity index (χ4v) is 9.93. The van der Waals surface area contributed by atoms with Crippen LogP contribution in [0.3, 0.4) is 0 Å². The van der Waals surface area contributed by atoms with E-state index in [0.29, 0.717) is 0 Å². The second-order valence-corrected chi connectivity index (χ2v) is 16.0. The van der Waals surface area contributed by atoms with Crippen molar-refractivity contribution < 1.29 is 0 Å². The number of fused-ring (bicyclic) bond motifs is 7. The zero-order chi connectivity index (χ0) is 38.9. The minimum atomic E-state index is 0.212. The van der Waals surface area contributed by atoms with Gasteiger partial charge in [-0.3, -0.25) is 9.97 Å².